The Hall–Kier alpha value is -3.27. The molecular formula is C30H36N6O3. The lowest BCUT2D eigenvalue weighted by Crippen LogP contribution is -2.42. The Morgan fingerprint density at radius 1 is 1.15 bits per heavy atom. The molecule has 1 amide bonds. The number of hydrogen-bond acceptors (Lipinski definition) is 6. The molecule has 3 aliphatic heterocycles. The lowest BCUT2D eigenvalue weighted by molar-refractivity contribution is -0.132. The van der Waals surface area contributed by atoms with Crippen LogP contribution in [0.2, 0.25) is 0 Å². The second-order valence-electron chi connectivity index (χ2n) is 11.7. The molecule has 9 nitrogen and oxygen atoms in total. The van der Waals surface area contributed by atoms with Gasteiger partial charge in [0.05, 0.1) is 31.6 Å². The molecule has 2 N–H and O–H groups in total. The number of likely N-dealkylation sites (tertiary alicyclic amines) is 2. The fourth-order valence-corrected chi connectivity index (χ4v) is 6.83. The maximum Gasteiger partial charge on any atom is 0.236 e. The molecule has 2 saturated heterocycles. The number of nitrogens with one attached hydrogen (secondary N) is 1. The van der Waals surface area contributed by atoms with Gasteiger partial charge in [-0.2, -0.15) is 5.10 Å². The summed E-state index contributed by atoms with van der Waals surface area (Å²) in [7, 11) is 0. The Labute approximate surface area is 227 Å². The van der Waals surface area contributed by atoms with Crippen LogP contribution in [0.5, 0.6) is 0 Å². The predicted octanol–water partition coefficient (Wildman–Crippen LogP) is 3.80. The summed E-state index contributed by atoms with van der Waals surface area (Å²) in [6.07, 6.45) is 6.12. The number of piperidine rings is 1. The second-order valence-corrected chi connectivity index (χ2v) is 11.7. The highest BCUT2D eigenvalue weighted by Gasteiger charge is 2.29. The standard InChI is InChI=1S/C30H36N6O3/c1-18(2)28-22-11-20(19-5-8-34(9-6-19)14-27(38)35-10-7-21(37)12-35)3-4-26(22)33-29(28)23-13-36-30(31-17-32-36)25-16-39-15-24(23)25/h3-4,11,13,17-19,21,33,37H,5-10,12,14-16H2,1-2H3/t21-/m1/s1. The van der Waals surface area contributed by atoms with Crippen LogP contribution in [0, 0.1) is 0 Å². The van der Waals surface area contributed by atoms with Gasteiger partial charge in [-0.1, -0.05) is 19.9 Å². The van der Waals surface area contributed by atoms with Crippen LogP contribution in [0.1, 0.15) is 67.2 Å². The molecule has 4 aromatic rings. The summed E-state index contributed by atoms with van der Waals surface area (Å²) >= 11 is 0. The van der Waals surface area contributed by atoms with Gasteiger partial charge in [-0.25, -0.2) is 9.50 Å². The number of ether oxygens (including phenoxy) is 1. The van der Waals surface area contributed by atoms with Crippen molar-refractivity contribution in [2.75, 3.05) is 32.7 Å². The van der Waals surface area contributed by atoms with Crippen molar-refractivity contribution >= 4 is 22.5 Å². The normalized spacial score (nSPS) is 20.6. The van der Waals surface area contributed by atoms with Crippen molar-refractivity contribution in [3.05, 3.63) is 53.0 Å². The molecule has 3 aliphatic rings. The van der Waals surface area contributed by atoms with E-state index in [4.69, 9.17) is 4.74 Å². The van der Waals surface area contributed by atoms with Crippen molar-refractivity contribution in [1.29, 1.82) is 0 Å². The summed E-state index contributed by atoms with van der Waals surface area (Å²) in [5.74, 6) is 0.969. The number of aromatic amines is 1. The maximum atomic E-state index is 12.7. The Morgan fingerprint density at radius 2 is 1.97 bits per heavy atom. The minimum atomic E-state index is -0.362. The third kappa shape index (κ3) is 4.33. The molecule has 0 radical (unpaired) electrons. The van der Waals surface area contributed by atoms with Crippen LogP contribution in [-0.4, -0.2) is 79.2 Å². The van der Waals surface area contributed by atoms with E-state index in [2.05, 4.69) is 58.2 Å². The molecule has 0 saturated carbocycles. The van der Waals surface area contributed by atoms with Gasteiger partial charge in [-0.05, 0) is 73.0 Å². The van der Waals surface area contributed by atoms with Gasteiger partial charge in [0.25, 0.3) is 0 Å². The number of H-pyrrole nitrogens is 1. The van der Waals surface area contributed by atoms with Crippen LogP contribution < -0.4 is 0 Å². The number of pyridine rings is 1. The van der Waals surface area contributed by atoms with Crippen LogP contribution in [0.25, 0.3) is 27.8 Å². The van der Waals surface area contributed by atoms with Crippen LogP contribution in [0.3, 0.4) is 0 Å². The number of carbonyl (C=O) groups excluding carboxylic acids is 1. The van der Waals surface area contributed by atoms with E-state index in [1.165, 1.54) is 22.1 Å². The first-order valence-corrected chi connectivity index (χ1v) is 14.2. The molecule has 0 spiro atoms. The topological polar surface area (TPSA) is 99.0 Å². The molecule has 39 heavy (non-hydrogen) atoms. The van der Waals surface area contributed by atoms with E-state index in [1.807, 2.05) is 9.42 Å². The smallest absolute Gasteiger partial charge is 0.236 e. The zero-order valence-electron chi connectivity index (χ0n) is 22.7. The van der Waals surface area contributed by atoms with Gasteiger partial charge in [0.15, 0.2) is 5.65 Å². The number of hydrogen-bond donors (Lipinski definition) is 2. The predicted molar refractivity (Wildman–Crippen MR) is 148 cm³/mol. The molecule has 9 heteroatoms. The Bertz CT molecular complexity index is 1550. The van der Waals surface area contributed by atoms with E-state index in [0.29, 0.717) is 51.1 Å². The number of fused-ring (bicyclic) bond motifs is 4. The van der Waals surface area contributed by atoms with Crippen LogP contribution in [0.4, 0.5) is 0 Å². The van der Waals surface area contributed by atoms with Crippen molar-refractivity contribution < 1.29 is 14.6 Å². The summed E-state index contributed by atoms with van der Waals surface area (Å²) in [5.41, 5.74) is 9.36. The molecule has 7 rings (SSSR count). The highest BCUT2D eigenvalue weighted by Crippen LogP contribution is 2.41. The molecule has 6 heterocycles. The fraction of sp³-hybridized carbons (Fsp3) is 0.500. The monoisotopic (exact) mass is 528 g/mol. The first-order chi connectivity index (χ1) is 19.0. The quantitative estimate of drug-likeness (QED) is 0.409. The van der Waals surface area contributed by atoms with Gasteiger partial charge in [0.1, 0.15) is 6.33 Å². The molecule has 1 aromatic carbocycles. The highest BCUT2D eigenvalue weighted by molar-refractivity contribution is 5.93. The molecule has 0 unspecified atom stereocenters. The number of aliphatic hydroxyl groups is 1. The summed E-state index contributed by atoms with van der Waals surface area (Å²) in [5, 5.41) is 15.5. The van der Waals surface area contributed by atoms with E-state index in [0.717, 1.165) is 53.9 Å². The van der Waals surface area contributed by atoms with E-state index in [-0.39, 0.29) is 12.0 Å². The minimum absolute atomic E-state index is 0.147. The highest BCUT2D eigenvalue weighted by atomic mass is 16.5. The third-order valence-corrected chi connectivity index (χ3v) is 8.92. The van der Waals surface area contributed by atoms with Crippen LogP contribution >= 0.6 is 0 Å². The summed E-state index contributed by atoms with van der Waals surface area (Å²) in [6, 6.07) is 6.91. The third-order valence-electron chi connectivity index (χ3n) is 8.92. The summed E-state index contributed by atoms with van der Waals surface area (Å²) < 4.78 is 7.73. The molecular weight excluding hydrogens is 492 g/mol. The van der Waals surface area contributed by atoms with Gasteiger partial charge in [-0.3, -0.25) is 9.69 Å². The number of aromatic nitrogens is 4. The number of benzene rings is 1. The van der Waals surface area contributed by atoms with Crippen molar-refractivity contribution in [1.82, 2.24) is 29.4 Å². The minimum Gasteiger partial charge on any atom is -0.391 e. The lowest BCUT2D eigenvalue weighted by atomic mass is 9.87. The number of rotatable bonds is 5. The SMILES string of the molecule is CC(C)c1c(-c2cn3ncnc3c3c2COC3)[nH]c2ccc(C3CCN(CC(=O)N4CC[C@@H](O)C4)CC3)cc12. The van der Waals surface area contributed by atoms with Gasteiger partial charge >= 0.3 is 0 Å². The second kappa shape index (κ2) is 9.73. The Kier molecular flexibility index (Phi) is 6.17. The van der Waals surface area contributed by atoms with E-state index < -0.39 is 0 Å². The maximum absolute atomic E-state index is 12.7. The summed E-state index contributed by atoms with van der Waals surface area (Å²) in [4.78, 5) is 25.0. The van der Waals surface area contributed by atoms with E-state index >= 15 is 0 Å². The van der Waals surface area contributed by atoms with Gasteiger partial charge < -0.3 is 19.7 Å². The largest absolute Gasteiger partial charge is 0.391 e. The van der Waals surface area contributed by atoms with E-state index in [9.17, 15) is 9.90 Å². The first-order valence-electron chi connectivity index (χ1n) is 14.2. The van der Waals surface area contributed by atoms with Crippen LogP contribution in [-0.2, 0) is 22.7 Å². The number of β-amino-alcohol motifs (C(OH)–C–C–N with tert-alkyl or cyclic N) is 1. The molecule has 2 fully saturated rings. The van der Waals surface area contributed by atoms with Crippen molar-refractivity contribution in [2.45, 2.75) is 64.3 Å². The molecule has 204 valence electrons. The zero-order valence-corrected chi connectivity index (χ0v) is 22.7. The summed E-state index contributed by atoms with van der Waals surface area (Å²) in [6.45, 7) is 9.14. The Morgan fingerprint density at radius 3 is 2.74 bits per heavy atom. The van der Waals surface area contributed by atoms with Gasteiger partial charge in [-0.15, -0.1) is 0 Å². The first kappa shape index (κ1) is 24.7. The average molecular weight is 529 g/mol. The Balaban J connectivity index is 1.15. The van der Waals surface area contributed by atoms with Crippen LogP contribution in [0.15, 0.2) is 30.7 Å². The molecule has 3 aromatic heterocycles. The van der Waals surface area contributed by atoms with Gasteiger partial charge in [0, 0.05) is 41.3 Å². The number of carbonyl (C=O) groups is 1. The average Bonchev–Trinajstić information content (AvgIpc) is 3.73. The number of amides is 1. The zero-order chi connectivity index (χ0) is 26.7. The van der Waals surface area contributed by atoms with Gasteiger partial charge in [0.2, 0.25) is 5.91 Å². The van der Waals surface area contributed by atoms with E-state index in [1.54, 1.807) is 6.33 Å². The number of nitrogens with zero attached hydrogens (tertiary/aromatic N) is 5. The fourth-order valence-electron chi connectivity index (χ4n) is 6.83. The number of aliphatic hydroxyl groups excluding tert-OH is 1. The van der Waals surface area contributed by atoms with Crippen molar-refractivity contribution in [3.8, 4) is 11.3 Å². The van der Waals surface area contributed by atoms with Crippen molar-refractivity contribution in [2.24, 2.45) is 0 Å². The molecule has 0 aliphatic carbocycles. The molecule has 0 bridgehead atoms. The van der Waals surface area contributed by atoms with Crippen molar-refractivity contribution in [3.63, 3.8) is 0 Å². The lowest BCUT2D eigenvalue weighted by Gasteiger charge is -2.32. The molecule has 1 atom stereocenters.